The maximum absolute atomic E-state index is 14.7. The Morgan fingerprint density at radius 1 is 1.25 bits per heavy atom. The highest BCUT2D eigenvalue weighted by molar-refractivity contribution is 9.10. The third-order valence-electron chi connectivity index (χ3n) is 4.88. The predicted molar refractivity (Wildman–Crippen MR) is 107 cm³/mol. The lowest BCUT2D eigenvalue weighted by atomic mass is 9.71. The van der Waals surface area contributed by atoms with E-state index < -0.39 is 32.8 Å². The second-order valence-electron chi connectivity index (χ2n) is 7.84. The number of nitrogens with two attached hydrogens (primary N) is 1. The lowest BCUT2D eigenvalue weighted by Crippen LogP contribution is -2.41. The molecule has 2 N–H and O–H groups in total. The number of ketones is 1. The van der Waals surface area contributed by atoms with Gasteiger partial charge in [-0.15, -0.1) is 0 Å². The summed E-state index contributed by atoms with van der Waals surface area (Å²) in [5, 5.41) is 9.41. The highest BCUT2D eigenvalue weighted by atomic mass is 79.9. The molecule has 0 aliphatic heterocycles. The average molecular weight is 477 g/mol. The molecule has 2 rings (SSSR count). The van der Waals surface area contributed by atoms with Crippen LogP contribution in [0.3, 0.4) is 0 Å². The van der Waals surface area contributed by atoms with Crippen molar-refractivity contribution >= 4 is 32.7 Å². The van der Waals surface area contributed by atoms with Crippen molar-refractivity contribution in [1.82, 2.24) is 5.16 Å². The number of hydrogen-bond acceptors (Lipinski definition) is 4. The Morgan fingerprint density at radius 2 is 1.86 bits per heavy atom. The fourth-order valence-corrected chi connectivity index (χ4v) is 4.38. The van der Waals surface area contributed by atoms with Crippen molar-refractivity contribution in [3.8, 4) is 0 Å². The third-order valence-corrected chi connectivity index (χ3v) is 6.72. The monoisotopic (exact) mass is 476 g/mol. The van der Waals surface area contributed by atoms with Crippen molar-refractivity contribution in [2.24, 2.45) is 5.14 Å². The summed E-state index contributed by atoms with van der Waals surface area (Å²) in [5.41, 5.74) is -0.197. The van der Waals surface area contributed by atoms with E-state index >= 15 is 0 Å². The van der Waals surface area contributed by atoms with Crippen LogP contribution in [-0.4, -0.2) is 19.9 Å². The van der Waals surface area contributed by atoms with Gasteiger partial charge in [-0.05, 0) is 61.7 Å². The van der Waals surface area contributed by atoms with E-state index in [-0.39, 0.29) is 28.7 Å². The van der Waals surface area contributed by atoms with Gasteiger partial charge in [0, 0.05) is 17.9 Å². The molecule has 5 nitrogen and oxygen atoms in total. The van der Waals surface area contributed by atoms with Gasteiger partial charge in [-0.25, -0.2) is 13.0 Å². The zero-order valence-corrected chi connectivity index (χ0v) is 18.8. The van der Waals surface area contributed by atoms with Crippen LogP contribution in [0, 0.1) is 25.5 Å². The predicted octanol–water partition coefficient (Wildman–Crippen LogP) is 4.65. The van der Waals surface area contributed by atoms with Crippen LogP contribution in [0.5, 0.6) is 0 Å². The minimum atomic E-state index is -1.72. The number of Topliss-reactive ketones (excluding diaryl/α,β-unsaturated/α-hetero) is 1. The molecular formula is C19H23BrF2N2O3S. The van der Waals surface area contributed by atoms with Crippen molar-refractivity contribution in [3.05, 3.63) is 50.8 Å². The number of halogens is 3. The van der Waals surface area contributed by atoms with Crippen LogP contribution in [0.15, 0.2) is 21.1 Å². The highest BCUT2D eigenvalue weighted by Crippen LogP contribution is 2.41. The van der Waals surface area contributed by atoms with Gasteiger partial charge < -0.3 is 4.52 Å². The molecule has 2 aromatic rings. The van der Waals surface area contributed by atoms with Gasteiger partial charge in [0.2, 0.25) is 0 Å². The number of hydrogen-bond donors (Lipinski definition) is 1. The molecule has 0 amide bonds. The van der Waals surface area contributed by atoms with E-state index in [2.05, 4.69) is 21.1 Å². The van der Waals surface area contributed by atoms with E-state index in [4.69, 9.17) is 9.66 Å². The Balaban J connectivity index is 2.58. The van der Waals surface area contributed by atoms with Crippen LogP contribution in [0.4, 0.5) is 8.78 Å². The van der Waals surface area contributed by atoms with Gasteiger partial charge in [0.15, 0.2) is 5.78 Å². The molecule has 28 heavy (non-hydrogen) atoms. The normalized spacial score (nSPS) is 15.3. The molecule has 2 atom stereocenters. The van der Waals surface area contributed by atoms with E-state index in [0.717, 1.165) is 6.07 Å². The number of carbonyl (C=O) groups excluding carboxylic acids is 1. The summed E-state index contributed by atoms with van der Waals surface area (Å²) >= 11 is 3.07. The summed E-state index contributed by atoms with van der Waals surface area (Å²) < 4.78 is 44.7. The van der Waals surface area contributed by atoms with Crippen LogP contribution >= 0.6 is 15.9 Å². The van der Waals surface area contributed by atoms with Gasteiger partial charge in [0.25, 0.3) is 0 Å². The largest absolute Gasteiger partial charge is 0.361 e. The standard InChI is InChI=1S/C19H23BrF2N2O3S/c1-10-17(11(2)27-24-10)16(25)8-19(5,9-18(3,4)28(23)26)12-6-13(20)15(22)7-14(12)21/h6-7H,8-9,23H2,1-5H3/t19-,28?/m0/s1. The molecule has 154 valence electrons. The maximum atomic E-state index is 14.7. The first kappa shape index (κ1) is 22.8. The number of rotatable bonds is 7. The molecule has 1 aromatic heterocycles. The third kappa shape index (κ3) is 4.58. The molecule has 0 fully saturated rings. The second kappa shape index (κ2) is 8.12. The lowest BCUT2D eigenvalue weighted by molar-refractivity contribution is 0.0944. The van der Waals surface area contributed by atoms with E-state index in [1.54, 1.807) is 34.6 Å². The lowest BCUT2D eigenvalue weighted by Gasteiger charge is -2.36. The molecule has 0 saturated heterocycles. The number of nitrogens with zero attached hydrogens (tertiary/aromatic N) is 1. The van der Waals surface area contributed by atoms with Gasteiger partial charge in [0.05, 0.1) is 31.5 Å². The molecule has 9 heteroatoms. The van der Waals surface area contributed by atoms with Gasteiger partial charge in [-0.1, -0.05) is 12.1 Å². The first-order valence-electron chi connectivity index (χ1n) is 8.56. The summed E-state index contributed by atoms with van der Waals surface area (Å²) in [4.78, 5) is 13.0. The second-order valence-corrected chi connectivity index (χ2v) is 10.4. The summed E-state index contributed by atoms with van der Waals surface area (Å²) in [6.07, 6.45) is 0.0126. The molecule has 0 radical (unpaired) electrons. The smallest absolute Gasteiger partial charge is 0.169 e. The van der Waals surface area contributed by atoms with Crippen molar-refractivity contribution in [3.63, 3.8) is 0 Å². The van der Waals surface area contributed by atoms with Crippen LogP contribution in [0.1, 0.15) is 61.0 Å². The molecular weight excluding hydrogens is 454 g/mol. The molecule has 0 spiro atoms. The van der Waals surface area contributed by atoms with Crippen LogP contribution in [0.25, 0.3) is 0 Å². The number of aryl methyl sites for hydroxylation is 2. The minimum Gasteiger partial charge on any atom is -0.361 e. The zero-order valence-electron chi connectivity index (χ0n) is 16.4. The molecule has 1 aromatic carbocycles. The number of benzene rings is 1. The van der Waals surface area contributed by atoms with E-state index in [0.29, 0.717) is 17.0 Å². The summed E-state index contributed by atoms with van der Waals surface area (Å²) in [6.45, 7) is 8.31. The average Bonchev–Trinajstić information content (AvgIpc) is 2.88. The van der Waals surface area contributed by atoms with Crippen LogP contribution < -0.4 is 5.14 Å². The topological polar surface area (TPSA) is 86.2 Å². The van der Waals surface area contributed by atoms with Crippen molar-refractivity contribution in [2.75, 3.05) is 0 Å². The highest BCUT2D eigenvalue weighted by Gasteiger charge is 2.41. The van der Waals surface area contributed by atoms with Gasteiger partial charge >= 0.3 is 0 Å². The maximum Gasteiger partial charge on any atom is 0.169 e. The van der Waals surface area contributed by atoms with E-state index in [1.165, 1.54) is 6.07 Å². The Hall–Kier alpha value is -1.45. The first-order valence-corrected chi connectivity index (χ1v) is 10.6. The number of carbonyl (C=O) groups is 1. The van der Waals surface area contributed by atoms with E-state index in [9.17, 15) is 17.8 Å². The fourth-order valence-electron chi connectivity index (χ4n) is 3.57. The zero-order chi connectivity index (χ0) is 21.4. The molecule has 0 aliphatic rings. The molecule has 1 heterocycles. The fraction of sp³-hybridized carbons (Fsp3) is 0.474. The molecule has 0 bridgehead atoms. The summed E-state index contributed by atoms with van der Waals surface area (Å²) in [7, 11) is -1.72. The number of aromatic nitrogens is 1. The molecule has 0 saturated carbocycles. The summed E-state index contributed by atoms with van der Waals surface area (Å²) in [5.74, 6) is -1.46. The Bertz CT molecular complexity index is 926. The van der Waals surface area contributed by atoms with Gasteiger partial charge in [-0.2, -0.15) is 0 Å². The SMILES string of the molecule is Cc1noc(C)c1C(=O)C[C@@](C)(CC(C)(C)S(N)=O)c1cc(Br)c(F)cc1F. The van der Waals surface area contributed by atoms with Gasteiger partial charge in [0.1, 0.15) is 17.4 Å². The Labute approximate surface area is 173 Å². The van der Waals surface area contributed by atoms with Crippen molar-refractivity contribution < 1.29 is 22.3 Å². The molecule has 1 unspecified atom stereocenters. The molecule has 0 aliphatic carbocycles. The van der Waals surface area contributed by atoms with Crippen LogP contribution in [-0.2, 0) is 16.4 Å². The van der Waals surface area contributed by atoms with Crippen LogP contribution in [0.2, 0.25) is 0 Å². The van der Waals surface area contributed by atoms with E-state index in [1.807, 2.05) is 0 Å². The van der Waals surface area contributed by atoms with Crippen molar-refractivity contribution in [2.45, 2.75) is 57.6 Å². The summed E-state index contributed by atoms with van der Waals surface area (Å²) in [6, 6.07) is 2.09. The quantitative estimate of drug-likeness (QED) is 0.465. The van der Waals surface area contributed by atoms with Crippen molar-refractivity contribution in [1.29, 1.82) is 0 Å². The Morgan fingerprint density at radius 3 is 2.36 bits per heavy atom. The Kier molecular flexibility index (Phi) is 6.62. The minimum absolute atomic E-state index is 0.0755. The van der Waals surface area contributed by atoms with Gasteiger partial charge in [-0.3, -0.25) is 9.93 Å². The first-order chi connectivity index (χ1) is 12.8.